The van der Waals surface area contributed by atoms with Crippen molar-refractivity contribution in [3.8, 4) is 5.88 Å². The minimum Gasteiger partial charge on any atom is -0.472 e. The second-order valence-electron chi connectivity index (χ2n) is 6.16. The molecule has 0 aromatic carbocycles. The van der Waals surface area contributed by atoms with E-state index in [1.165, 1.54) is 5.56 Å². The Morgan fingerprint density at radius 2 is 2.21 bits per heavy atom. The Morgan fingerprint density at radius 3 is 2.84 bits per heavy atom. The van der Waals surface area contributed by atoms with Crippen molar-refractivity contribution in [3.05, 3.63) is 23.4 Å². The number of pyridine rings is 1. The van der Waals surface area contributed by atoms with Crippen LogP contribution in [0.5, 0.6) is 5.88 Å². The zero-order chi connectivity index (χ0) is 13.9. The van der Waals surface area contributed by atoms with E-state index in [0.717, 1.165) is 25.3 Å². The summed E-state index contributed by atoms with van der Waals surface area (Å²) in [6.07, 6.45) is 1.10. The Balaban J connectivity index is 2.01. The SMILES string of the molecule is Cc1cc(CNC(C)(C)C)cc(OC2CCOC2)n1. The third kappa shape index (κ3) is 4.80. The predicted molar refractivity (Wildman–Crippen MR) is 75.4 cm³/mol. The van der Waals surface area contributed by atoms with Crippen LogP contribution in [-0.2, 0) is 11.3 Å². The van der Waals surface area contributed by atoms with Crippen LogP contribution in [0.4, 0.5) is 0 Å². The molecule has 0 spiro atoms. The van der Waals surface area contributed by atoms with E-state index >= 15 is 0 Å². The highest BCUT2D eigenvalue weighted by molar-refractivity contribution is 5.25. The summed E-state index contributed by atoms with van der Waals surface area (Å²) in [5.74, 6) is 0.709. The first-order valence-electron chi connectivity index (χ1n) is 6.89. The van der Waals surface area contributed by atoms with Crippen LogP contribution in [0.2, 0.25) is 0 Å². The fraction of sp³-hybridized carbons (Fsp3) is 0.667. The van der Waals surface area contributed by atoms with Gasteiger partial charge in [0.15, 0.2) is 0 Å². The molecule has 1 atom stereocenters. The molecular weight excluding hydrogens is 240 g/mol. The molecule has 0 bridgehead atoms. The molecule has 0 saturated carbocycles. The fourth-order valence-electron chi connectivity index (χ4n) is 2.01. The van der Waals surface area contributed by atoms with E-state index in [1.807, 2.05) is 13.0 Å². The van der Waals surface area contributed by atoms with E-state index in [-0.39, 0.29) is 11.6 Å². The van der Waals surface area contributed by atoms with Crippen molar-refractivity contribution < 1.29 is 9.47 Å². The maximum atomic E-state index is 5.86. The number of ether oxygens (including phenoxy) is 2. The van der Waals surface area contributed by atoms with Gasteiger partial charge in [0.25, 0.3) is 0 Å². The van der Waals surface area contributed by atoms with Crippen LogP contribution in [0.25, 0.3) is 0 Å². The highest BCUT2D eigenvalue weighted by Crippen LogP contribution is 2.17. The average molecular weight is 264 g/mol. The number of nitrogens with zero attached hydrogens (tertiary/aromatic N) is 1. The number of hydrogen-bond acceptors (Lipinski definition) is 4. The van der Waals surface area contributed by atoms with E-state index < -0.39 is 0 Å². The molecule has 2 heterocycles. The van der Waals surface area contributed by atoms with E-state index in [1.54, 1.807) is 0 Å². The van der Waals surface area contributed by atoms with Crippen LogP contribution >= 0.6 is 0 Å². The maximum absolute atomic E-state index is 5.86. The van der Waals surface area contributed by atoms with E-state index in [9.17, 15) is 0 Å². The van der Waals surface area contributed by atoms with Crippen molar-refractivity contribution in [2.45, 2.75) is 52.3 Å². The Morgan fingerprint density at radius 1 is 1.42 bits per heavy atom. The molecule has 2 rings (SSSR count). The van der Waals surface area contributed by atoms with Gasteiger partial charge in [-0.15, -0.1) is 0 Å². The quantitative estimate of drug-likeness (QED) is 0.907. The molecule has 4 nitrogen and oxygen atoms in total. The topological polar surface area (TPSA) is 43.4 Å². The Kier molecular flexibility index (Phi) is 4.42. The number of nitrogens with one attached hydrogen (secondary N) is 1. The summed E-state index contributed by atoms with van der Waals surface area (Å²) in [5, 5.41) is 3.48. The molecule has 0 radical (unpaired) electrons. The van der Waals surface area contributed by atoms with Gasteiger partial charge < -0.3 is 14.8 Å². The van der Waals surface area contributed by atoms with Gasteiger partial charge in [0.2, 0.25) is 5.88 Å². The van der Waals surface area contributed by atoms with Crippen LogP contribution in [0, 0.1) is 6.92 Å². The van der Waals surface area contributed by atoms with Gasteiger partial charge in [-0.3, -0.25) is 0 Å². The van der Waals surface area contributed by atoms with Crippen LogP contribution in [0.1, 0.15) is 38.4 Å². The Bertz CT molecular complexity index is 421. The number of aromatic nitrogens is 1. The molecule has 1 N–H and O–H groups in total. The molecule has 0 amide bonds. The molecule has 1 aliphatic heterocycles. The fourth-order valence-corrected chi connectivity index (χ4v) is 2.01. The Labute approximate surface area is 115 Å². The van der Waals surface area contributed by atoms with Gasteiger partial charge in [-0.2, -0.15) is 0 Å². The minimum atomic E-state index is 0.109. The smallest absolute Gasteiger partial charge is 0.214 e. The first-order valence-corrected chi connectivity index (χ1v) is 6.89. The summed E-state index contributed by atoms with van der Waals surface area (Å²) in [7, 11) is 0. The molecule has 1 unspecified atom stereocenters. The van der Waals surface area contributed by atoms with E-state index in [2.05, 4.69) is 37.1 Å². The lowest BCUT2D eigenvalue weighted by Gasteiger charge is -2.21. The molecular formula is C15H24N2O2. The van der Waals surface area contributed by atoms with Gasteiger partial charge in [-0.05, 0) is 39.3 Å². The Hall–Kier alpha value is -1.13. The monoisotopic (exact) mass is 264 g/mol. The van der Waals surface area contributed by atoms with Crippen LogP contribution in [-0.4, -0.2) is 29.8 Å². The maximum Gasteiger partial charge on any atom is 0.214 e. The number of aryl methyl sites for hydroxylation is 1. The number of rotatable bonds is 4. The van der Waals surface area contributed by atoms with Crippen LogP contribution in [0.3, 0.4) is 0 Å². The third-order valence-electron chi connectivity index (χ3n) is 2.99. The highest BCUT2D eigenvalue weighted by Gasteiger charge is 2.18. The summed E-state index contributed by atoms with van der Waals surface area (Å²) >= 11 is 0. The summed E-state index contributed by atoms with van der Waals surface area (Å²) in [6, 6.07) is 4.11. The third-order valence-corrected chi connectivity index (χ3v) is 2.99. The second-order valence-corrected chi connectivity index (χ2v) is 6.16. The molecule has 1 fully saturated rings. The first kappa shape index (κ1) is 14.3. The highest BCUT2D eigenvalue weighted by atomic mass is 16.5. The molecule has 106 valence electrons. The van der Waals surface area contributed by atoms with Gasteiger partial charge in [0.05, 0.1) is 13.2 Å². The summed E-state index contributed by atoms with van der Waals surface area (Å²) in [6.45, 7) is 10.8. The lowest BCUT2D eigenvalue weighted by Crippen LogP contribution is -2.35. The zero-order valence-electron chi connectivity index (χ0n) is 12.3. The standard InChI is InChI=1S/C15H24N2O2/c1-11-7-12(9-16-15(2,3)4)8-14(17-11)19-13-5-6-18-10-13/h7-8,13,16H,5-6,9-10H2,1-4H3. The summed E-state index contributed by atoms with van der Waals surface area (Å²) < 4.78 is 11.2. The van der Waals surface area contributed by atoms with Gasteiger partial charge in [0, 0.05) is 30.3 Å². The molecule has 0 aliphatic carbocycles. The van der Waals surface area contributed by atoms with Crippen molar-refractivity contribution in [1.29, 1.82) is 0 Å². The largest absolute Gasteiger partial charge is 0.472 e. The van der Waals surface area contributed by atoms with E-state index in [0.29, 0.717) is 12.5 Å². The number of hydrogen-bond donors (Lipinski definition) is 1. The second kappa shape index (κ2) is 5.88. The average Bonchev–Trinajstić information content (AvgIpc) is 2.77. The van der Waals surface area contributed by atoms with E-state index in [4.69, 9.17) is 9.47 Å². The minimum absolute atomic E-state index is 0.109. The molecule has 1 aromatic rings. The molecule has 4 heteroatoms. The van der Waals surface area contributed by atoms with Gasteiger partial charge in [0.1, 0.15) is 6.10 Å². The summed E-state index contributed by atoms with van der Waals surface area (Å²) in [5.41, 5.74) is 2.30. The summed E-state index contributed by atoms with van der Waals surface area (Å²) in [4.78, 5) is 4.44. The lowest BCUT2D eigenvalue weighted by molar-refractivity contribution is 0.138. The van der Waals surface area contributed by atoms with Gasteiger partial charge in [-0.1, -0.05) is 0 Å². The van der Waals surface area contributed by atoms with Gasteiger partial charge in [-0.25, -0.2) is 4.98 Å². The van der Waals surface area contributed by atoms with Crippen molar-refractivity contribution in [3.63, 3.8) is 0 Å². The predicted octanol–water partition coefficient (Wildman–Crippen LogP) is 2.45. The van der Waals surface area contributed by atoms with Crippen molar-refractivity contribution >= 4 is 0 Å². The lowest BCUT2D eigenvalue weighted by atomic mass is 10.1. The van der Waals surface area contributed by atoms with Crippen LogP contribution in [0.15, 0.2) is 12.1 Å². The molecule has 1 aliphatic rings. The molecule has 1 aromatic heterocycles. The van der Waals surface area contributed by atoms with Gasteiger partial charge >= 0.3 is 0 Å². The first-order chi connectivity index (χ1) is 8.92. The van der Waals surface area contributed by atoms with Crippen molar-refractivity contribution in [2.24, 2.45) is 0 Å². The normalized spacial score (nSPS) is 19.7. The zero-order valence-corrected chi connectivity index (χ0v) is 12.3. The van der Waals surface area contributed by atoms with Crippen molar-refractivity contribution in [2.75, 3.05) is 13.2 Å². The molecule has 19 heavy (non-hydrogen) atoms. The van der Waals surface area contributed by atoms with Crippen LogP contribution < -0.4 is 10.1 Å². The van der Waals surface area contributed by atoms with Crippen molar-refractivity contribution in [1.82, 2.24) is 10.3 Å². The molecule has 1 saturated heterocycles.